The van der Waals surface area contributed by atoms with E-state index < -0.39 is 6.04 Å². The van der Waals surface area contributed by atoms with Crippen molar-refractivity contribution in [3.05, 3.63) is 47.8 Å². The maximum atomic E-state index is 12.9. The predicted octanol–water partition coefficient (Wildman–Crippen LogP) is 3.01. The van der Waals surface area contributed by atoms with Gasteiger partial charge >= 0.3 is 0 Å². The summed E-state index contributed by atoms with van der Waals surface area (Å²) in [6.07, 6.45) is 0.296. The minimum absolute atomic E-state index is 0.0624. The summed E-state index contributed by atoms with van der Waals surface area (Å²) in [5.41, 5.74) is 2.64. The molecule has 22 heavy (non-hydrogen) atoms. The summed E-state index contributed by atoms with van der Waals surface area (Å²) >= 11 is 0. The number of rotatable bonds is 5. The van der Waals surface area contributed by atoms with Gasteiger partial charge in [0.05, 0.1) is 18.2 Å². The number of carbonyl (C=O) groups excluding carboxylic acids is 1. The van der Waals surface area contributed by atoms with Crippen LogP contribution in [-0.2, 0) is 4.79 Å². The van der Waals surface area contributed by atoms with E-state index >= 15 is 0 Å². The number of benzene rings is 1. The van der Waals surface area contributed by atoms with E-state index in [2.05, 4.69) is 11.2 Å². The second kappa shape index (κ2) is 6.90. The molecule has 0 aliphatic rings. The smallest absolute Gasteiger partial charge is 0.251 e. The second-order valence-electron chi connectivity index (χ2n) is 5.28. The summed E-state index contributed by atoms with van der Waals surface area (Å²) in [5, 5.41) is 13.2. The number of hydrogen-bond donors (Lipinski definition) is 0. The van der Waals surface area contributed by atoms with Crippen LogP contribution in [0.5, 0.6) is 0 Å². The third kappa shape index (κ3) is 3.34. The molecular formula is C17H20N4O. The summed E-state index contributed by atoms with van der Waals surface area (Å²) in [4.78, 5) is 14.5. The molecule has 0 N–H and O–H groups in total. The van der Waals surface area contributed by atoms with Crippen LogP contribution in [0.2, 0.25) is 0 Å². The highest BCUT2D eigenvalue weighted by molar-refractivity contribution is 5.95. The minimum atomic E-state index is -0.410. The zero-order valence-electron chi connectivity index (χ0n) is 13.2. The molecule has 0 saturated carbocycles. The zero-order chi connectivity index (χ0) is 16.1. The molecule has 5 nitrogen and oxygen atoms in total. The van der Waals surface area contributed by atoms with Gasteiger partial charge in [0.25, 0.3) is 5.91 Å². The Kier molecular flexibility index (Phi) is 4.95. The van der Waals surface area contributed by atoms with Crippen LogP contribution in [0.15, 0.2) is 36.4 Å². The van der Waals surface area contributed by atoms with E-state index in [4.69, 9.17) is 5.26 Å². The number of amides is 1. The lowest BCUT2D eigenvalue weighted by molar-refractivity contribution is -0.121. The van der Waals surface area contributed by atoms with Crippen molar-refractivity contribution in [3.8, 4) is 6.07 Å². The molecule has 0 fully saturated rings. The highest BCUT2D eigenvalue weighted by Gasteiger charge is 2.24. The Morgan fingerprint density at radius 2 is 2.05 bits per heavy atom. The quantitative estimate of drug-likeness (QED) is 0.852. The van der Waals surface area contributed by atoms with Gasteiger partial charge in [-0.3, -0.25) is 9.48 Å². The molecule has 114 valence electrons. The molecule has 1 aromatic carbocycles. The van der Waals surface area contributed by atoms with Crippen LogP contribution in [0.3, 0.4) is 0 Å². The van der Waals surface area contributed by atoms with Crippen molar-refractivity contribution in [1.29, 1.82) is 5.26 Å². The predicted molar refractivity (Wildman–Crippen MR) is 85.4 cm³/mol. The maximum absolute atomic E-state index is 12.9. The third-order valence-electron chi connectivity index (χ3n) is 3.55. The fourth-order valence-electron chi connectivity index (χ4n) is 2.50. The van der Waals surface area contributed by atoms with Gasteiger partial charge in [0, 0.05) is 17.9 Å². The van der Waals surface area contributed by atoms with E-state index in [1.807, 2.05) is 57.2 Å². The highest BCUT2D eigenvalue weighted by Crippen LogP contribution is 2.20. The van der Waals surface area contributed by atoms with Gasteiger partial charge < -0.3 is 4.90 Å². The Labute approximate surface area is 130 Å². The molecule has 1 heterocycles. The van der Waals surface area contributed by atoms with E-state index in [9.17, 15) is 4.79 Å². The first-order valence-corrected chi connectivity index (χ1v) is 7.30. The van der Waals surface area contributed by atoms with Crippen molar-refractivity contribution in [3.63, 3.8) is 0 Å². The van der Waals surface area contributed by atoms with Gasteiger partial charge in [0.1, 0.15) is 6.04 Å². The van der Waals surface area contributed by atoms with Crippen molar-refractivity contribution in [1.82, 2.24) is 9.78 Å². The van der Waals surface area contributed by atoms with Crippen LogP contribution >= 0.6 is 0 Å². The van der Waals surface area contributed by atoms with Crippen molar-refractivity contribution in [2.45, 2.75) is 33.2 Å². The van der Waals surface area contributed by atoms with Gasteiger partial charge in [0.2, 0.25) is 0 Å². The number of para-hydroxylation sites is 1. The molecule has 0 bridgehead atoms. The molecule has 1 amide bonds. The summed E-state index contributed by atoms with van der Waals surface area (Å²) in [7, 11) is 0. The number of nitriles is 1. The van der Waals surface area contributed by atoms with Crippen molar-refractivity contribution >= 4 is 11.6 Å². The van der Waals surface area contributed by atoms with E-state index in [-0.39, 0.29) is 5.91 Å². The maximum Gasteiger partial charge on any atom is 0.251 e. The summed E-state index contributed by atoms with van der Waals surface area (Å²) < 4.78 is 1.74. The molecule has 0 saturated heterocycles. The van der Waals surface area contributed by atoms with Gasteiger partial charge in [-0.15, -0.1) is 0 Å². The molecule has 5 heteroatoms. The number of aryl methyl sites for hydroxylation is 2. The zero-order valence-corrected chi connectivity index (χ0v) is 13.2. The minimum Gasteiger partial charge on any atom is -0.310 e. The lowest BCUT2D eigenvalue weighted by atomic mass is 10.2. The molecule has 2 rings (SSSR count). The summed E-state index contributed by atoms with van der Waals surface area (Å²) in [6.45, 7) is 6.06. The molecule has 0 aliphatic heterocycles. The Hall–Kier alpha value is -2.61. The fraction of sp³-hybridized carbons (Fsp3) is 0.353. The average Bonchev–Trinajstić information content (AvgIpc) is 2.86. The van der Waals surface area contributed by atoms with Gasteiger partial charge in [-0.1, -0.05) is 18.2 Å². The molecule has 0 spiro atoms. The number of anilines is 1. The first-order valence-electron chi connectivity index (χ1n) is 7.30. The number of aromatic nitrogens is 2. The lowest BCUT2D eigenvalue weighted by Crippen LogP contribution is -2.37. The monoisotopic (exact) mass is 296 g/mol. The molecular weight excluding hydrogens is 276 g/mol. The molecule has 2 aromatic rings. The normalized spacial score (nSPS) is 11.7. The second-order valence-corrected chi connectivity index (χ2v) is 5.28. The number of hydrogen-bond acceptors (Lipinski definition) is 3. The van der Waals surface area contributed by atoms with Crippen molar-refractivity contribution in [2.75, 3.05) is 11.4 Å². The Morgan fingerprint density at radius 1 is 1.36 bits per heavy atom. The SMILES string of the molecule is Cc1cc(C)n([C@H](C)C(=O)N(CCC#N)c2ccccc2)n1. The first kappa shape index (κ1) is 15.8. The Balaban J connectivity index is 2.29. The highest BCUT2D eigenvalue weighted by atomic mass is 16.2. The van der Waals surface area contributed by atoms with Gasteiger partial charge in [0.15, 0.2) is 0 Å². The van der Waals surface area contributed by atoms with Gasteiger partial charge in [-0.25, -0.2) is 0 Å². The topological polar surface area (TPSA) is 61.9 Å². The van der Waals surface area contributed by atoms with Crippen molar-refractivity contribution < 1.29 is 4.79 Å². The van der Waals surface area contributed by atoms with Crippen LogP contribution in [0.4, 0.5) is 5.69 Å². The molecule has 0 unspecified atom stereocenters. The molecule has 1 aromatic heterocycles. The standard InChI is InChI=1S/C17H20N4O/c1-13-12-14(2)21(19-13)15(3)17(22)20(11-7-10-18)16-8-5-4-6-9-16/h4-6,8-9,12,15H,7,11H2,1-3H3/t15-/m1/s1. The number of nitrogens with zero attached hydrogens (tertiary/aromatic N) is 4. The first-order chi connectivity index (χ1) is 10.5. The lowest BCUT2D eigenvalue weighted by Gasteiger charge is -2.25. The molecule has 0 radical (unpaired) electrons. The molecule has 0 aliphatic carbocycles. The average molecular weight is 296 g/mol. The van der Waals surface area contributed by atoms with Crippen molar-refractivity contribution in [2.24, 2.45) is 0 Å². The largest absolute Gasteiger partial charge is 0.310 e. The van der Waals surface area contributed by atoms with E-state index in [0.29, 0.717) is 13.0 Å². The summed E-state index contributed by atoms with van der Waals surface area (Å²) in [6, 6.07) is 13.1. The van der Waals surface area contributed by atoms with Gasteiger partial charge in [-0.05, 0) is 39.0 Å². The fourth-order valence-corrected chi connectivity index (χ4v) is 2.50. The van der Waals surface area contributed by atoms with E-state index in [1.54, 1.807) is 9.58 Å². The van der Waals surface area contributed by atoms with Crippen LogP contribution in [0.25, 0.3) is 0 Å². The van der Waals surface area contributed by atoms with E-state index in [1.165, 1.54) is 0 Å². The van der Waals surface area contributed by atoms with Gasteiger partial charge in [-0.2, -0.15) is 10.4 Å². The van der Waals surface area contributed by atoms with Crippen LogP contribution in [0, 0.1) is 25.2 Å². The summed E-state index contributed by atoms with van der Waals surface area (Å²) in [5.74, 6) is -0.0624. The number of carbonyl (C=O) groups is 1. The van der Waals surface area contributed by atoms with Crippen LogP contribution in [-0.4, -0.2) is 22.2 Å². The van der Waals surface area contributed by atoms with Crippen LogP contribution < -0.4 is 4.90 Å². The molecule has 1 atom stereocenters. The Morgan fingerprint density at radius 3 is 2.59 bits per heavy atom. The third-order valence-corrected chi connectivity index (χ3v) is 3.55. The van der Waals surface area contributed by atoms with Crippen LogP contribution in [0.1, 0.15) is 30.8 Å². The van der Waals surface area contributed by atoms with E-state index in [0.717, 1.165) is 17.1 Å². The Bertz CT molecular complexity index is 684.